The highest BCUT2D eigenvalue weighted by atomic mass is 32.2. The molecule has 0 fully saturated rings. The molecule has 11 heteroatoms. The summed E-state index contributed by atoms with van der Waals surface area (Å²) in [5, 5.41) is 11.0. The van der Waals surface area contributed by atoms with Crippen molar-refractivity contribution in [2.75, 3.05) is 25.3 Å². The second-order valence-corrected chi connectivity index (χ2v) is 8.14. The van der Waals surface area contributed by atoms with Crippen LogP contribution in [0.15, 0.2) is 63.0 Å². The standard InChI is InChI=1S/C23H23N5O5S/c1-14-20(22(30)28(27(14)2)16-8-6-5-7-9-16)24-19(29)13-34-23-26-25-21(33-23)15-10-11-17(31-3)18(12-15)32-4/h5-12H,13H2,1-4H3,(H,24,29). The number of rotatable bonds is 8. The van der Waals surface area contributed by atoms with Gasteiger partial charge in [0.2, 0.25) is 11.8 Å². The lowest BCUT2D eigenvalue weighted by atomic mass is 10.2. The number of ether oxygens (including phenoxy) is 2. The molecule has 1 N–H and O–H groups in total. The zero-order chi connectivity index (χ0) is 24.2. The van der Waals surface area contributed by atoms with Gasteiger partial charge in [0.05, 0.1) is 31.4 Å². The fraction of sp³-hybridized carbons (Fsp3) is 0.217. The monoisotopic (exact) mass is 481 g/mol. The summed E-state index contributed by atoms with van der Waals surface area (Å²) in [6.07, 6.45) is 0. The van der Waals surface area contributed by atoms with E-state index in [4.69, 9.17) is 13.9 Å². The first kappa shape index (κ1) is 23.2. The van der Waals surface area contributed by atoms with Gasteiger partial charge in [-0.1, -0.05) is 30.0 Å². The number of para-hydroxylation sites is 1. The predicted molar refractivity (Wildman–Crippen MR) is 128 cm³/mol. The maximum absolute atomic E-state index is 12.9. The third-order valence-electron chi connectivity index (χ3n) is 5.18. The van der Waals surface area contributed by atoms with E-state index in [1.54, 1.807) is 51.1 Å². The van der Waals surface area contributed by atoms with E-state index in [9.17, 15) is 9.59 Å². The molecule has 10 nitrogen and oxygen atoms in total. The summed E-state index contributed by atoms with van der Waals surface area (Å²) in [5.74, 6) is 1.04. The van der Waals surface area contributed by atoms with Crippen LogP contribution < -0.4 is 20.3 Å². The molecule has 0 saturated heterocycles. The van der Waals surface area contributed by atoms with Crippen molar-refractivity contribution in [3.63, 3.8) is 0 Å². The lowest BCUT2D eigenvalue weighted by Gasteiger charge is -2.07. The number of benzene rings is 2. The van der Waals surface area contributed by atoms with Crippen LogP contribution in [0, 0.1) is 6.92 Å². The highest BCUT2D eigenvalue weighted by Gasteiger charge is 2.19. The SMILES string of the molecule is COc1ccc(-c2nnc(SCC(=O)Nc3c(C)n(C)n(-c4ccccc4)c3=O)o2)cc1OC. The van der Waals surface area contributed by atoms with E-state index in [1.165, 1.54) is 4.68 Å². The Morgan fingerprint density at radius 1 is 1.09 bits per heavy atom. The van der Waals surface area contributed by atoms with E-state index >= 15 is 0 Å². The Bertz CT molecular complexity index is 1380. The molecule has 0 aliphatic rings. The zero-order valence-corrected chi connectivity index (χ0v) is 19.9. The van der Waals surface area contributed by atoms with Crippen molar-refractivity contribution in [2.24, 2.45) is 7.05 Å². The Kier molecular flexibility index (Phi) is 6.73. The smallest absolute Gasteiger partial charge is 0.295 e. The molecule has 34 heavy (non-hydrogen) atoms. The van der Waals surface area contributed by atoms with Crippen molar-refractivity contribution in [2.45, 2.75) is 12.1 Å². The van der Waals surface area contributed by atoms with Gasteiger partial charge >= 0.3 is 0 Å². The van der Waals surface area contributed by atoms with Crippen LogP contribution in [0.4, 0.5) is 5.69 Å². The highest BCUT2D eigenvalue weighted by molar-refractivity contribution is 7.99. The minimum absolute atomic E-state index is 0.00726. The molecule has 0 radical (unpaired) electrons. The number of thioether (sulfide) groups is 1. The zero-order valence-electron chi connectivity index (χ0n) is 19.1. The van der Waals surface area contributed by atoms with Crippen molar-refractivity contribution in [1.82, 2.24) is 19.6 Å². The van der Waals surface area contributed by atoms with Gasteiger partial charge in [0.15, 0.2) is 11.5 Å². The molecule has 0 aliphatic carbocycles. The second-order valence-electron chi connectivity index (χ2n) is 7.22. The molecule has 0 spiro atoms. The van der Waals surface area contributed by atoms with Gasteiger partial charge < -0.3 is 19.2 Å². The van der Waals surface area contributed by atoms with E-state index in [0.29, 0.717) is 28.4 Å². The molecule has 2 aromatic carbocycles. The third-order valence-corrected chi connectivity index (χ3v) is 6.00. The summed E-state index contributed by atoms with van der Waals surface area (Å²) in [6.45, 7) is 1.77. The summed E-state index contributed by atoms with van der Waals surface area (Å²) in [6, 6.07) is 14.5. The molecule has 2 aromatic heterocycles. The largest absolute Gasteiger partial charge is 0.493 e. The number of carbonyl (C=O) groups is 1. The Morgan fingerprint density at radius 3 is 2.53 bits per heavy atom. The number of anilines is 1. The van der Waals surface area contributed by atoms with Crippen molar-refractivity contribution in [1.29, 1.82) is 0 Å². The quantitative estimate of drug-likeness (QED) is 0.382. The van der Waals surface area contributed by atoms with Gasteiger partial charge in [-0.2, -0.15) is 0 Å². The summed E-state index contributed by atoms with van der Waals surface area (Å²) >= 11 is 1.08. The number of aromatic nitrogens is 4. The number of nitrogens with zero attached hydrogens (tertiary/aromatic N) is 4. The third kappa shape index (κ3) is 4.55. The fourth-order valence-electron chi connectivity index (χ4n) is 3.37. The van der Waals surface area contributed by atoms with Gasteiger partial charge in [0.1, 0.15) is 5.69 Å². The number of methoxy groups -OCH3 is 2. The average molecular weight is 482 g/mol. The fourth-order valence-corrected chi connectivity index (χ4v) is 3.93. The number of carbonyl (C=O) groups excluding carboxylic acids is 1. The van der Waals surface area contributed by atoms with Crippen LogP contribution in [0.3, 0.4) is 0 Å². The van der Waals surface area contributed by atoms with Gasteiger partial charge in [-0.15, -0.1) is 10.2 Å². The van der Waals surface area contributed by atoms with Crippen LogP contribution >= 0.6 is 11.8 Å². The van der Waals surface area contributed by atoms with Gasteiger partial charge in [0, 0.05) is 12.6 Å². The van der Waals surface area contributed by atoms with Crippen molar-refractivity contribution in [3.8, 4) is 28.6 Å². The predicted octanol–water partition coefficient (Wildman–Crippen LogP) is 3.28. The lowest BCUT2D eigenvalue weighted by Crippen LogP contribution is -2.23. The molecule has 4 aromatic rings. The molecule has 0 atom stereocenters. The second kappa shape index (κ2) is 9.87. The van der Waals surface area contributed by atoms with Crippen LogP contribution in [0.25, 0.3) is 17.1 Å². The Hall–Kier alpha value is -3.99. The van der Waals surface area contributed by atoms with Gasteiger partial charge in [0.25, 0.3) is 10.8 Å². The summed E-state index contributed by atoms with van der Waals surface area (Å²) < 4.78 is 19.4. The molecule has 2 heterocycles. The number of nitrogens with one attached hydrogen (secondary N) is 1. The van der Waals surface area contributed by atoms with E-state index < -0.39 is 0 Å². The van der Waals surface area contributed by atoms with Crippen LogP contribution in [0.2, 0.25) is 0 Å². The number of amides is 1. The van der Waals surface area contributed by atoms with E-state index in [2.05, 4.69) is 15.5 Å². The Labute approximate surface area is 199 Å². The first-order valence-corrected chi connectivity index (χ1v) is 11.2. The van der Waals surface area contributed by atoms with Crippen LogP contribution in [-0.2, 0) is 11.8 Å². The maximum Gasteiger partial charge on any atom is 0.295 e. The highest BCUT2D eigenvalue weighted by Crippen LogP contribution is 2.32. The molecule has 0 saturated carbocycles. The number of hydrogen-bond donors (Lipinski definition) is 1. The first-order valence-electron chi connectivity index (χ1n) is 10.3. The molecule has 0 aliphatic heterocycles. The van der Waals surface area contributed by atoms with Crippen molar-refractivity contribution in [3.05, 3.63) is 64.6 Å². The first-order chi connectivity index (χ1) is 16.4. The number of hydrogen-bond acceptors (Lipinski definition) is 8. The van der Waals surface area contributed by atoms with Gasteiger partial charge in [-0.3, -0.25) is 14.3 Å². The summed E-state index contributed by atoms with van der Waals surface area (Å²) in [7, 11) is 4.86. The van der Waals surface area contributed by atoms with Crippen molar-refractivity contribution < 1.29 is 18.7 Å². The topological polar surface area (TPSA) is 113 Å². The normalized spacial score (nSPS) is 10.8. The van der Waals surface area contributed by atoms with Gasteiger partial charge in [-0.25, -0.2) is 4.68 Å². The molecular weight excluding hydrogens is 458 g/mol. The van der Waals surface area contributed by atoms with Crippen molar-refractivity contribution >= 4 is 23.4 Å². The minimum Gasteiger partial charge on any atom is -0.493 e. The summed E-state index contributed by atoms with van der Waals surface area (Å²) in [5.41, 5.74) is 1.93. The molecule has 4 rings (SSSR count). The lowest BCUT2D eigenvalue weighted by molar-refractivity contribution is -0.113. The van der Waals surface area contributed by atoms with Crippen LogP contribution in [-0.4, -0.2) is 45.4 Å². The Morgan fingerprint density at radius 2 is 1.82 bits per heavy atom. The van der Waals surface area contributed by atoms with E-state index in [-0.39, 0.29) is 34.0 Å². The molecule has 176 valence electrons. The molecular formula is C23H23N5O5S. The maximum atomic E-state index is 12.9. The average Bonchev–Trinajstić information content (AvgIpc) is 3.42. The molecule has 1 amide bonds. The van der Waals surface area contributed by atoms with Crippen LogP contribution in [0.5, 0.6) is 11.5 Å². The molecule has 0 unspecified atom stereocenters. The minimum atomic E-state index is -0.359. The van der Waals surface area contributed by atoms with E-state index in [0.717, 1.165) is 11.8 Å². The Balaban J connectivity index is 1.44. The molecule has 0 bridgehead atoms. The summed E-state index contributed by atoms with van der Waals surface area (Å²) in [4.78, 5) is 25.5. The van der Waals surface area contributed by atoms with E-state index in [1.807, 2.05) is 30.3 Å². The van der Waals surface area contributed by atoms with Gasteiger partial charge in [-0.05, 0) is 37.3 Å². The van der Waals surface area contributed by atoms with Crippen LogP contribution in [0.1, 0.15) is 5.69 Å².